The number of aliphatic hydroxyl groups excluding tert-OH is 1. The van der Waals surface area contributed by atoms with Crippen LogP contribution in [0.25, 0.3) is 0 Å². The zero-order valence-corrected chi connectivity index (χ0v) is 9.95. The van der Waals surface area contributed by atoms with Gasteiger partial charge in [-0.2, -0.15) is 0 Å². The fourth-order valence-electron chi connectivity index (χ4n) is 2.27. The molecule has 1 aliphatic carbocycles. The number of aliphatic carboxylic acids is 1. The summed E-state index contributed by atoms with van der Waals surface area (Å²) >= 11 is 0. The van der Waals surface area contributed by atoms with Gasteiger partial charge in [0.2, 0.25) is 0 Å². The van der Waals surface area contributed by atoms with E-state index in [1.54, 1.807) is 6.92 Å². The first kappa shape index (κ1) is 13.5. The molecule has 0 amide bonds. The summed E-state index contributed by atoms with van der Waals surface area (Å²) in [4.78, 5) is 10.5. The van der Waals surface area contributed by atoms with Gasteiger partial charge in [0, 0.05) is 5.41 Å². The Bertz CT molecular complexity index is 221. The first-order valence-electron chi connectivity index (χ1n) is 6.02. The summed E-state index contributed by atoms with van der Waals surface area (Å²) < 4.78 is 5.55. The van der Waals surface area contributed by atoms with E-state index in [0.717, 1.165) is 25.7 Å². The third-order valence-electron chi connectivity index (χ3n) is 3.39. The van der Waals surface area contributed by atoms with Gasteiger partial charge in [0.1, 0.15) is 0 Å². The highest BCUT2D eigenvalue weighted by atomic mass is 16.5. The second kappa shape index (κ2) is 6.21. The number of rotatable bonds is 6. The number of carboxylic acid groups (broad SMARTS) is 1. The Morgan fingerprint density at radius 2 is 2.00 bits per heavy atom. The van der Waals surface area contributed by atoms with Gasteiger partial charge in [-0.3, -0.25) is 4.79 Å². The molecule has 1 saturated carbocycles. The second-order valence-electron chi connectivity index (χ2n) is 4.94. The third kappa shape index (κ3) is 4.10. The molecular weight excluding hydrogens is 208 g/mol. The molecule has 4 heteroatoms. The molecule has 0 aromatic rings. The Morgan fingerprint density at radius 3 is 2.50 bits per heavy atom. The lowest BCUT2D eigenvalue weighted by atomic mass is 9.75. The van der Waals surface area contributed by atoms with E-state index in [2.05, 4.69) is 0 Å². The van der Waals surface area contributed by atoms with Crippen LogP contribution in [0.2, 0.25) is 0 Å². The highest BCUT2D eigenvalue weighted by Crippen LogP contribution is 2.36. The molecule has 0 aromatic heterocycles. The second-order valence-corrected chi connectivity index (χ2v) is 4.94. The molecule has 0 saturated heterocycles. The van der Waals surface area contributed by atoms with Crippen LogP contribution in [0, 0.1) is 5.41 Å². The predicted octanol–water partition coefficient (Wildman–Crippen LogP) is 1.81. The summed E-state index contributed by atoms with van der Waals surface area (Å²) in [5.74, 6) is -0.839. The van der Waals surface area contributed by atoms with Gasteiger partial charge in [-0.1, -0.05) is 19.3 Å². The average molecular weight is 230 g/mol. The van der Waals surface area contributed by atoms with Crippen molar-refractivity contribution in [2.75, 3.05) is 13.2 Å². The lowest BCUT2D eigenvalue weighted by molar-refractivity contribution is -0.141. The van der Waals surface area contributed by atoms with Crippen molar-refractivity contribution in [1.82, 2.24) is 0 Å². The average Bonchev–Trinajstić information content (AvgIpc) is 2.27. The van der Waals surface area contributed by atoms with Crippen LogP contribution in [0.3, 0.4) is 0 Å². The van der Waals surface area contributed by atoms with Gasteiger partial charge in [-0.25, -0.2) is 0 Å². The fraction of sp³-hybridized carbons (Fsp3) is 0.917. The standard InChI is InChI=1S/C12H22O4/c1-10(7-11(14)15)16-9-12(8-13)5-3-2-4-6-12/h10,13H,2-9H2,1H3,(H,14,15). The maximum Gasteiger partial charge on any atom is 0.305 e. The van der Waals surface area contributed by atoms with Gasteiger partial charge in [0.05, 0.1) is 25.7 Å². The SMILES string of the molecule is CC(CC(=O)O)OCC1(CO)CCCCC1. The summed E-state index contributed by atoms with van der Waals surface area (Å²) in [6.45, 7) is 2.40. The van der Waals surface area contributed by atoms with Gasteiger partial charge in [0.15, 0.2) is 0 Å². The van der Waals surface area contributed by atoms with Gasteiger partial charge in [0.25, 0.3) is 0 Å². The Hall–Kier alpha value is -0.610. The molecule has 0 aromatic carbocycles. The van der Waals surface area contributed by atoms with Gasteiger partial charge in [-0.05, 0) is 19.8 Å². The zero-order chi connectivity index (χ0) is 12.0. The third-order valence-corrected chi connectivity index (χ3v) is 3.39. The summed E-state index contributed by atoms with van der Waals surface area (Å²) in [5, 5.41) is 18.1. The first-order chi connectivity index (χ1) is 7.58. The number of aliphatic hydroxyl groups is 1. The first-order valence-corrected chi connectivity index (χ1v) is 6.02. The van der Waals surface area contributed by atoms with Crippen LogP contribution in [-0.2, 0) is 9.53 Å². The Kier molecular flexibility index (Phi) is 5.22. The van der Waals surface area contributed by atoms with Crippen LogP contribution < -0.4 is 0 Å². The molecule has 1 rings (SSSR count). The summed E-state index contributed by atoms with van der Waals surface area (Å²) in [7, 11) is 0. The van der Waals surface area contributed by atoms with Crippen LogP contribution in [0.5, 0.6) is 0 Å². The van der Waals surface area contributed by atoms with Gasteiger partial charge >= 0.3 is 5.97 Å². The molecular formula is C12H22O4. The molecule has 1 fully saturated rings. The van der Waals surface area contributed by atoms with E-state index in [4.69, 9.17) is 9.84 Å². The maximum absolute atomic E-state index is 10.5. The van der Waals surface area contributed by atoms with Crippen molar-refractivity contribution in [2.24, 2.45) is 5.41 Å². The molecule has 0 aliphatic heterocycles. The minimum Gasteiger partial charge on any atom is -0.481 e. The van der Waals surface area contributed by atoms with E-state index in [9.17, 15) is 9.90 Å². The molecule has 1 atom stereocenters. The van der Waals surface area contributed by atoms with Crippen LogP contribution in [0.1, 0.15) is 45.4 Å². The van der Waals surface area contributed by atoms with Gasteiger partial charge < -0.3 is 14.9 Å². The topological polar surface area (TPSA) is 66.8 Å². The fourth-order valence-corrected chi connectivity index (χ4v) is 2.27. The van der Waals surface area contributed by atoms with Crippen molar-refractivity contribution in [3.8, 4) is 0 Å². The highest BCUT2D eigenvalue weighted by Gasteiger charge is 2.32. The van der Waals surface area contributed by atoms with Crippen molar-refractivity contribution in [3.05, 3.63) is 0 Å². The number of ether oxygens (including phenoxy) is 1. The summed E-state index contributed by atoms with van der Waals surface area (Å²) in [5.41, 5.74) is -0.120. The van der Waals surface area contributed by atoms with E-state index >= 15 is 0 Å². The number of carbonyl (C=O) groups is 1. The lowest BCUT2D eigenvalue weighted by Crippen LogP contribution is -2.35. The van der Waals surface area contributed by atoms with Crippen molar-refractivity contribution < 1.29 is 19.7 Å². The highest BCUT2D eigenvalue weighted by molar-refractivity contribution is 5.67. The van der Waals surface area contributed by atoms with Crippen LogP contribution >= 0.6 is 0 Å². The van der Waals surface area contributed by atoms with Crippen LogP contribution in [-0.4, -0.2) is 35.5 Å². The van der Waals surface area contributed by atoms with Crippen LogP contribution in [0.15, 0.2) is 0 Å². The van der Waals surface area contributed by atoms with Crippen molar-refractivity contribution in [1.29, 1.82) is 0 Å². The zero-order valence-electron chi connectivity index (χ0n) is 9.95. The van der Waals surface area contributed by atoms with E-state index in [0.29, 0.717) is 6.61 Å². The molecule has 0 bridgehead atoms. The smallest absolute Gasteiger partial charge is 0.305 e. The Labute approximate surface area is 96.6 Å². The number of hydrogen-bond donors (Lipinski definition) is 2. The molecule has 0 heterocycles. The van der Waals surface area contributed by atoms with Crippen molar-refractivity contribution in [3.63, 3.8) is 0 Å². The summed E-state index contributed by atoms with van der Waals surface area (Å²) in [6, 6.07) is 0. The number of carboxylic acids is 1. The monoisotopic (exact) mass is 230 g/mol. The van der Waals surface area contributed by atoms with E-state index in [1.165, 1.54) is 6.42 Å². The molecule has 2 N–H and O–H groups in total. The van der Waals surface area contributed by atoms with Crippen molar-refractivity contribution in [2.45, 2.75) is 51.6 Å². The van der Waals surface area contributed by atoms with Crippen molar-refractivity contribution >= 4 is 5.97 Å². The quantitative estimate of drug-likeness (QED) is 0.730. The minimum atomic E-state index is -0.839. The molecule has 0 radical (unpaired) electrons. The minimum absolute atomic E-state index is 0.0293. The maximum atomic E-state index is 10.5. The molecule has 94 valence electrons. The lowest BCUT2D eigenvalue weighted by Gasteiger charge is -2.36. The van der Waals surface area contributed by atoms with Gasteiger partial charge in [-0.15, -0.1) is 0 Å². The molecule has 0 spiro atoms. The largest absolute Gasteiger partial charge is 0.481 e. The normalized spacial score (nSPS) is 21.6. The molecule has 4 nitrogen and oxygen atoms in total. The predicted molar refractivity (Wildman–Crippen MR) is 60.3 cm³/mol. The van der Waals surface area contributed by atoms with E-state index < -0.39 is 5.97 Å². The molecule has 16 heavy (non-hydrogen) atoms. The Morgan fingerprint density at radius 1 is 1.38 bits per heavy atom. The summed E-state index contributed by atoms with van der Waals surface area (Å²) in [6.07, 6.45) is 5.23. The molecule has 1 unspecified atom stereocenters. The molecule has 1 aliphatic rings. The Balaban J connectivity index is 2.35. The van der Waals surface area contributed by atoms with Crippen LogP contribution in [0.4, 0.5) is 0 Å². The number of hydrogen-bond acceptors (Lipinski definition) is 3. The van der Waals surface area contributed by atoms with E-state index in [1.807, 2.05) is 0 Å². The van der Waals surface area contributed by atoms with E-state index in [-0.39, 0.29) is 24.5 Å².